The van der Waals surface area contributed by atoms with Crippen LogP contribution in [0.15, 0.2) is 0 Å². The van der Waals surface area contributed by atoms with E-state index >= 15 is 0 Å². The van der Waals surface area contributed by atoms with Gasteiger partial charge in [-0.05, 0) is 31.6 Å². The van der Waals surface area contributed by atoms with Gasteiger partial charge in [0.25, 0.3) is 0 Å². The van der Waals surface area contributed by atoms with E-state index in [-0.39, 0.29) is 18.6 Å². The smallest absolute Gasteiger partial charge is 0.235 e. The van der Waals surface area contributed by atoms with Crippen molar-refractivity contribution in [1.82, 2.24) is 4.90 Å². The van der Waals surface area contributed by atoms with Gasteiger partial charge in [0.2, 0.25) is 5.91 Å². The average Bonchev–Trinajstić information content (AvgIpc) is 2.84. The van der Waals surface area contributed by atoms with Gasteiger partial charge in [0, 0.05) is 12.6 Å². The summed E-state index contributed by atoms with van der Waals surface area (Å²) >= 11 is 5.16. The standard InChI is InChI=1S/C14H24N2O2S/c1-10-8-14(9-10,12(15)19)13(18)16(6-7-17)11-4-2-3-5-11/h10-11,17H,2-9H2,1H3,(H2,15,19). The van der Waals surface area contributed by atoms with Crippen molar-refractivity contribution in [1.29, 1.82) is 0 Å². The molecule has 2 rings (SSSR count). The summed E-state index contributed by atoms with van der Waals surface area (Å²) < 4.78 is 0. The summed E-state index contributed by atoms with van der Waals surface area (Å²) in [6, 6.07) is 0.266. The molecule has 2 saturated carbocycles. The maximum absolute atomic E-state index is 12.9. The largest absolute Gasteiger partial charge is 0.395 e. The predicted molar refractivity (Wildman–Crippen MR) is 78.7 cm³/mol. The van der Waals surface area contributed by atoms with Crippen molar-refractivity contribution in [2.75, 3.05) is 13.2 Å². The molecule has 2 fully saturated rings. The molecular weight excluding hydrogens is 260 g/mol. The Hall–Kier alpha value is -0.680. The van der Waals surface area contributed by atoms with Crippen LogP contribution in [0.5, 0.6) is 0 Å². The van der Waals surface area contributed by atoms with Gasteiger partial charge in [0.05, 0.1) is 17.0 Å². The van der Waals surface area contributed by atoms with Crippen LogP contribution in [0.3, 0.4) is 0 Å². The third-order valence-electron chi connectivity index (χ3n) is 4.64. The molecule has 2 aliphatic rings. The summed E-state index contributed by atoms with van der Waals surface area (Å²) in [5.41, 5.74) is 5.22. The van der Waals surface area contributed by atoms with Crippen LogP contribution in [0.1, 0.15) is 45.4 Å². The number of carbonyl (C=O) groups excluding carboxylic acids is 1. The van der Waals surface area contributed by atoms with E-state index in [1.54, 1.807) is 0 Å². The number of hydrogen-bond acceptors (Lipinski definition) is 3. The first kappa shape index (κ1) is 14.7. The van der Waals surface area contributed by atoms with E-state index in [9.17, 15) is 9.90 Å². The van der Waals surface area contributed by atoms with E-state index in [0.29, 0.717) is 17.5 Å². The van der Waals surface area contributed by atoms with Crippen LogP contribution in [0.4, 0.5) is 0 Å². The highest BCUT2D eigenvalue weighted by Crippen LogP contribution is 2.47. The second-order valence-electron chi connectivity index (χ2n) is 6.12. The zero-order valence-electron chi connectivity index (χ0n) is 11.6. The second-order valence-corrected chi connectivity index (χ2v) is 6.56. The van der Waals surface area contributed by atoms with Crippen molar-refractivity contribution in [2.24, 2.45) is 17.1 Å². The molecule has 0 atom stereocenters. The molecule has 2 aliphatic carbocycles. The highest BCUT2D eigenvalue weighted by molar-refractivity contribution is 7.80. The Morgan fingerprint density at radius 1 is 1.42 bits per heavy atom. The number of hydrogen-bond donors (Lipinski definition) is 2. The fraction of sp³-hybridized carbons (Fsp3) is 0.857. The van der Waals surface area contributed by atoms with Gasteiger partial charge in [-0.3, -0.25) is 4.79 Å². The van der Waals surface area contributed by atoms with E-state index in [0.717, 1.165) is 38.5 Å². The van der Waals surface area contributed by atoms with Crippen molar-refractivity contribution in [3.63, 3.8) is 0 Å². The van der Waals surface area contributed by atoms with Crippen LogP contribution < -0.4 is 5.73 Å². The molecule has 0 heterocycles. The quantitative estimate of drug-likeness (QED) is 0.750. The molecule has 4 nitrogen and oxygen atoms in total. The lowest BCUT2D eigenvalue weighted by atomic mass is 9.61. The molecule has 0 bridgehead atoms. The van der Waals surface area contributed by atoms with Gasteiger partial charge in [0.1, 0.15) is 0 Å². The minimum atomic E-state index is -0.632. The zero-order valence-corrected chi connectivity index (χ0v) is 12.4. The first-order chi connectivity index (χ1) is 9.01. The number of rotatable bonds is 5. The number of amides is 1. The molecule has 1 amide bonds. The molecule has 5 heteroatoms. The summed E-state index contributed by atoms with van der Waals surface area (Å²) in [5.74, 6) is 0.559. The normalized spacial score (nSPS) is 30.9. The molecular formula is C14H24N2O2S. The van der Waals surface area contributed by atoms with Gasteiger partial charge in [0.15, 0.2) is 0 Å². The SMILES string of the molecule is CC1CC(C(=O)N(CCO)C2CCCC2)(C(N)=S)C1. The molecule has 108 valence electrons. The summed E-state index contributed by atoms with van der Waals surface area (Å²) in [5, 5.41) is 9.23. The van der Waals surface area contributed by atoms with Crippen molar-refractivity contribution >= 4 is 23.1 Å². The van der Waals surface area contributed by atoms with Crippen LogP contribution in [0, 0.1) is 11.3 Å². The Morgan fingerprint density at radius 3 is 2.42 bits per heavy atom. The summed E-state index contributed by atoms with van der Waals surface area (Å²) in [4.78, 5) is 15.0. The Labute approximate surface area is 120 Å². The van der Waals surface area contributed by atoms with Crippen LogP contribution >= 0.6 is 12.2 Å². The van der Waals surface area contributed by atoms with Gasteiger partial charge in [-0.25, -0.2) is 0 Å². The van der Waals surface area contributed by atoms with Crippen molar-refractivity contribution in [3.8, 4) is 0 Å². The van der Waals surface area contributed by atoms with Crippen molar-refractivity contribution in [3.05, 3.63) is 0 Å². The Bertz CT molecular complexity index is 360. The lowest BCUT2D eigenvalue weighted by Gasteiger charge is -2.47. The third kappa shape index (κ3) is 2.63. The molecule has 19 heavy (non-hydrogen) atoms. The highest BCUT2D eigenvalue weighted by atomic mass is 32.1. The zero-order chi connectivity index (χ0) is 14.0. The molecule has 0 spiro atoms. The fourth-order valence-corrected chi connectivity index (χ4v) is 3.91. The van der Waals surface area contributed by atoms with Gasteiger partial charge >= 0.3 is 0 Å². The number of nitrogens with two attached hydrogens (primary N) is 1. The fourth-order valence-electron chi connectivity index (χ4n) is 3.66. The molecule has 0 aromatic carbocycles. The first-order valence-electron chi connectivity index (χ1n) is 7.23. The second kappa shape index (κ2) is 5.75. The molecule has 0 unspecified atom stereocenters. The Balaban J connectivity index is 2.15. The monoisotopic (exact) mass is 284 g/mol. The van der Waals surface area contributed by atoms with Gasteiger partial charge < -0.3 is 15.7 Å². The van der Waals surface area contributed by atoms with Crippen LogP contribution in [0.2, 0.25) is 0 Å². The maximum atomic E-state index is 12.9. The average molecular weight is 284 g/mol. The number of aliphatic hydroxyl groups is 1. The Kier molecular flexibility index (Phi) is 4.46. The number of thiocarbonyl (C=S) groups is 1. The molecule has 3 N–H and O–H groups in total. The van der Waals surface area contributed by atoms with Crippen LogP contribution in [0.25, 0.3) is 0 Å². The molecule has 0 aromatic rings. The number of carbonyl (C=O) groups is 1. The van der Waals surface area contributed by atoms with Crippen molar-refractivity contribution in [2.45, 2.75) is 51.5 Å². The molecule has 0 saturated heterocycles. The lowest BCUT2D eigenvalue weighted by molar-refractivity contribution is -0.147. The number of nitrogens with zero attached hydrogens (tertiary/aromatic N) is 1. The minimum absolute atomic E-state index is 0.00517. The first-order valence-corrected chi connectivity index (χ1v) is 7.64. The molecule has 0 radical (unpaired) electrons. The van der Waals surface area contributed by atoms with E-state index in [1.165, 1.54) is 0 Å². The topological polar surface area (TPSA) is 66.6 Å². The molecule has 0 aliphatic heterocycles. The van der Waals surface area contributed by atoms with Gasteiger partial charge in [-0.2, -0.15) is 0 Å². The Morgan fingerprint density at radius 2 is 2.00 bits per heavy atom. The van der Waals surface area contributed by atoms with Crippen LogP contribution in [-0.4, -0.2) is 40.1 Å². The summed E-state index contributed by atoms with van der Waals surface area (Å²) in [7, 11) is 0. The molecule has 0 aromatic heterocycles. The lowest BCUT2D eigenvalue weighted by Crippen LogP contribution is -2.59. The van der Waals surface area contributed by atoms with E-state index < -0.39 is 5.41 Å². The van der Waals surface area contributed by atoms with Gasteiger partial charge in [-0.1, -0.05) is 32.0 Å². The third-order valence-corrected chi connectivity index (χ3v) is 5.03. The van der Waals surface area contributed by atoms with E-state index in [2.05, 4.69) is 6.92 Å². The highest BCUT2D eigenvalue weighted by Gasteiger charge is 2.53. The summed E-state index contributed by atoms with van der Waals surface area (Å²) in [6.45, 7) is 2.53. The van der Waals surface area contributed by atoms with E-state index in [1.807, 2.05) is 4.90 Å². The number of aliphatic hydroxyl groups excluding tert-OH is 1. The van der Waals surface area contributed by atoms with Crippen molar-refractivity contribution < 1.29 is 9.90 Å². The van der Waals surface area contributed by atoms with E-state index in [4.69, 9.17) is 18.0 Å². The van der Waals surface area contributed by atoms with Gasteiger partial charge in [-0.15, -0.1) is 0 Å². The predicted octanol–water partition coefficient (Wildman–Crippen LogP) is 1.45. The van der Waals surface area contributed by atoms with Crippen LogP contribution in [-0.2, 0) is 4.79 Å². The minimum Gasteiger partial charge on any atom is -0.395 e. The maximum Gasteiger partial charge on any atom is 0.235 e. The summed E-state index contributed by atoms with van der Waals surface area (Å²) in [6.07, 6.45) is 5.92.